The van der Waals surface area contributed by atoms with Crippen LogP contribution in [0.4, 0.5) is 0 Å². The van der Waals surface area contributed by atoms with Gasteiger partial charge in [-0.25, -0.2) is 0 Å². The van der Waals surface area contributed by atoms with E-state index >= 15 is 0 Å². The number of hydrogen-bond acceptors (Lipinski definition) is 2. The molecule has 0 spiro atoms. The number of carboxylic acid groups (broad SMARTS) is 1. The lowest BCUT2D eigenvalue weighted by atomic mass is 10.0. The van der Waals surface area contributed by atoms with Gasteiger partial charge in [-0.15, -0.1) is 0 Å². The van der Waals surface area contributed by atoms with Crippen LogP contribution in [0.1, 0.15) is 49.1 Å². The van der Waals surface area contributed by atoms with Crippen LogP contribution in [0.15, 0.2) is 24.3 Å². The van der Waals surface area contributed by atoms with Gasteiger partial charge in [0.2, 0.25) is 0 Å². The van der Waals surface area contributed by atoms with Crippen LogP contribution in [0.25, 0.3) is 0 Å². The summed E-state index contributed by atoms with van der Waals surface area (Å²) in [6, 6.07) is 8.91. The van der Waals surface area contributed by atoms with Gasteiger partial charge in [0.25, 0.3) is 0 Å². The Balaban J connectivity index is 1.71. The fraction of sp³-hybridized carbons (Fsp3) is 0.562. The van der Waals surface area contributed by atoms with Gasteiger partial charge in [-0.1, -0.05) is 24.3 Å². The average Bonchev–Trinajstić information content (AvgIpc) is 3.14. The fourth-order valence-corrected chi connectivity index (χ4v) is 3.23. The van der Waals surface area contributed by atoms with Gasteiger partial charge in [-0.2, -0.15) is 0 Å². The van der Waals surface area contributed by atoms with E-state index in [2.05, 4.69) is 29.2 Å². The maximum absolute atomic E-state index is 10.9. The number of carbonyl (C=O) groups is 1. The van der Waals surface area contributed by atoms with Crippen molar-refractivity contribution >= 4 is 5.97 Å². The van der Waals surface area contributed by atoms with Crippen molar-refractivity contribution in [1.82, 2.24) is 4.90 Å². The summed E-state index contributed by atoms with van der Waals surface area (Å²) in [5, 5.41) is 8.98. The van der Waals surface area contributed by atoms with Crippen molar-refractivity contribution in [3.63, 3.8) is 0 Å². The Hall–Kier alpha value is -1.35. The molecular formula is C16H21NO2. The second-order valence-corrected chi connectivity index (χ2v) is 5.84. The molecule has 0 radical (unpaired) electrons. The second kappa shape index (κ2) is 5.33. The van der Waals surface area contributed by atoms with Crippen molar-refractivity contribution in [2.45, 2.75) is 50.6 Å². The van der Waals surface area contributed by atoms with Crippen LogP contribution in [0.2, 0.25) is 0 Å². The minimum atomic E-state index is -0.674. The highest BCUT2D eigenvalue weighted by Gasteiger charge is 2.29. The van der Waals surface area contributed by atoms with E-state index in [4.69, 9.17) is 5.11 Å². The quantitative estimate of drug-likeness (QED) is 0.883. The first-order valence-corrected chi connectivity index (χ1v) is 7.27. The zero-order valence-electron chi connectivity index (χ0n) is 11.2. The molecule has 0 amide bonds. The molecule has 0 bridgehead atoms. The first kappa shape index (κ1) is 12.7. The predicted octanol–water partition coefficient (Wildman–Crippen LogP) is 3.00. The molecule has 1 saturated heterocycles. The van der Waals surface area contributed by atoms with E-state index in [-0.39, 0.29) is 12.5 Å². The highest BCUT2D eigenvalue weighted by atomic mass is 16.4. The number of hydrogen-bond donors (Lipinski definition) is 1. The molecule has 102 valence electrons. The van der Waals surface area contributed by atoms with Gasteiger partial charge in [0.1, 0.15) is 0 Å². The molecule has 1 heterocycles. The summed E-state index contributed by atoms with van der Waals surface area (Å²) in [5.41, 5.74) is 2.89. The molecule has 1 unspecified atom stereocenters. The molecule has 1 atom stereocenters. The fourth-order valence-electron chi connectivity index (χ4n) is 3.23. The third-order valence-corrected chi connectivity index (χ3v) is 4.36. The van der Waals surface area contributed by atoms with Gasteiger partial charge in [0.15, 0.2) is 0 Å². The number of carboxylic acids is 1. The smallest absolute Gasteiger partial charge is 0.304 e. The first-order chi connectivity index (χ1) is 9.24. The molecule has 1 N–H and O–H groups in total. The van der Waals surface area contributed by atoms with Gasteiger partial charge in [0, 0.05) is 12.6 Å². The standard InChI is InChI=1S/C16H21NO2/c18-16(19)10-14-5-3-9-17(14)11-13-4-1-2-6-15(13)12-7-8-12/h1-2,4,6,12,14H,3,5,7-11H2,(H,18,19). The van der Waals surface area contributed by atoms with Crippen molar-refractivity contribution in [2.24, 2.45) is 0 Å². The molecule has 0 aromatic heterocycles. The Kier molecular flexibility index (Phi) is 3.56. The van der Waals surface area contributed by atoms with Crippen molar-refractivity contribution in [1.29, 1.82) is 0 Å². The Labute approximate surface area is 114 Å². The Bertz CT molecular complexity index is 468. The Morgan fingerprint density at radius 2 is 2.05 bits per heavy atom. The molecule has 2 aliphatic rings. The largest absolute Gasteiger partial charge is 0.481 e. The number of aliphatic carboxylic acids is 1. The lowest BCUT2D eigenvalue weighted by molar-refractivity contribution is -0.138. The molecule has 3 heteroatoms. The minimum absolute atomic E-state index is 0.227. The van der Waals surface area contributed by atoms with E-state index in [1.54, 1.807) is 0 Å². The van der Waals surface area contributed by atoms with Gasteiger partial charge in [-0.3, -0.25) is 9.69 Å². The molecule has 1 saturated carbocycles. The summed E-state index contributed by atoms with van der Waals surface area (Å²) in [6.45, 7) is 1.96. The summed E-state index contributed by atoms with van der Waals surface area (Å²) >= 11 is 0. The second-order valence-electron chi connectivity index (χ2n) is 5.84. The lowest BCUT2D eigenvalue weighted by Gasteiger charge is -2.24. The third kappa shape index (κ3) is 2.98. The van der Waals surface area contributed by atoms with Gasteiger partial charge in [0.05, 0.1) is 6.42 Å². The molecular weight excluding hydrogens is 238 g/mol. The monoisotopic (exact) mass is 259 g/mol. The minimum Gasteiger partial charge on any atom is -0.481 e. The van der Waals surface area contributed by atoms with Crippen LogP contribution in [0.5, 0.6) is 0 Å². The zero-order valence-corrected chi connectivity index (χ0v) is 11.2. The number of nitrogens with zero attached hydrogens (tertiary/aromatic N) is 1. The van der Waals surface area contributed by atoms with Crippen LogP contribution < -0.4 is 0 Å². The predicted molar refractivity (Wildman–Crippen MR) is 74.1 cm³/mol. The lowest BCUT2D eigenvalue weighted by Crippen LogP contribution is -2.31. The van der Waals surface area contributed by atoms with Crippen LogP contribution in [0, 0.1) is 0 Å². The summed E-state index contributed by atoms with van der Waals surface area (Å²) < 4.78 is 0. The summed E-state index contributed by atoms with van der Waals surface area (Å²) in [4.78, 5) is 13.3. The van der Waals surface area contributed by atoms with Crippen LogP contribution in [-0.4, -0.2) is 28.6 Å². The summed E-state index contributed by atoms with van der Waals surface area (Å²) in [7, 11) is 0. The van der Waals surface area contributed by atoms with Crippen LogP contribution in [0.3, 0.4) is 0 Å². The first-order valence-electron chi connectivity index (χ1n) is 7.27. The van der Waals surface area contributed by atoms with E-state index in [1.165, 1.54) is 24.0 Å². The number of likely N-dealkylation sites (tertiary alicyclic amines) is 1. The summed E-state index contributed by atoms with van der Waals surface area (Å²) in [5.74, 6) is 0.0871. The number of rotatable bonds is 5. The maximum Gasteiger partial charge on any atom is 0.304 e. The molecule has 3 nitrogen and oxygen atoms in total. The molecule has 1 aliphatic carbocycles. The Morgan fingerprint density at radius 1 is 1.26 bits per heavy atom. The molecule has 1 aliphatic heterocycles. The molecule has 3 rings (SSSR count). The third-order valence-electron chi connectivity index (χ3n) is 4.36. The summed E-state index contributed by atoms with van der Waals surface area (Å²) in [6.07, 6.45) is 5.07. The maximum atomic E-state index is 10.9. The van der Waals surface area contributed by atoms with Gasteiger partial charge < -0.3 is 5.11 Å². The average molecular weight is 259 g/mol. The van der Waals surface area contributed by atoms with E-state index in [9.17, 15) is 4.79 Å². The van der Waals surface area contributed by atoms with Crippen molar-refractivity contribution < 1.29 is 9.90 Å². The van der Waals surface area contributed by atoms with Crippen LogP contribution >= 0.6 is 0 Å². The van der Waals surface area contributed by atoms with Gasteiger partial charge in [-0.05, 0) is 49.3 Å². The highest BCUT2D eigenvalue weighted by Crippen LogP contribution is 2.42. The SMILES string of the molecule is O=C(O)CC1CCCN1Cc1ccccc1C1CC1. The van der Waals surface area contributed by atoms with E-state index in [1.807, 2.05) is 0 Å². The zero-order chi connectivity index (χ0) is 13.2. The van der Waals surface area contributed by atoms with Crippen molar-refractivity contribution in [3.8, 4) is 0 Å². The van der Waals surface area contributed by atoms with Crippen molar-refractivity contribution in [2.75, 3.05) is 6.54 Å². The normalized spacial score (nSPS) is 23.7. The number of benzene rings is 1. The topological polar surface area (TPSA) is 40.5 Å². The van der Waals surface area contributed by atoms with Crippen LogP contribution in [-0.2, 0) is 11.3 Å². The van der Waals surface area contributed by atoms with Gasteiger partial charge >= 0.3 is 5.97 Å². The van der Waals surface area contributed by atoms with Crippen molar-refractivity contribution in [3.05, 3.63) is 35.4 Å². The van der Waals surface area contributed by atoms with E-state index in [0.29, 0.717) is 0 Å². The van der Waals surface area contributed by atoms with E-state index < -0.39 is 5.97 Å². The molecule has 1 aromatic carbocycles. The molecule has 19 heavy (non-hydrogen) atoms. The van der Waals surface area contributed by atoms with E-state index in [0.717, 1.165) is 31.8 Å². The highest BCUT2D eigenvalue weighted by molar-refractivity contribution is 5.67. The molecule has 2 fully saturated rings. The molecule has 1 aromatic rings. The Morgan fingerprint density at radius 3 is 2.79 bits per heavy atom.